The van der Waals surface area contributed by atoms with Crippen LogP contribution in [0.5, 0.6) is 0 Å². The first kappa shape index (κ1) is 15.8. The van der Waals surface area contributed by atoms with Gasteiger partial charge in [-0.3, -0.25) is 9.69 Å². The molecular formula is C16H24FN3O. The van der Waals surface area contributed by atoms with Crippen LogP contribution in [0.1, 0.15) is 33.1 Å². The normalized spacial score (nSPS) is 18.4. The first-order valence-electron chi connectivity index (χ1n) is 7.49. The van der Waals surface area contributed by atoms with Gasteiger partial charge in [-0.1, -0.05) is 20.3 Å². The van der Waals surface area contributed by atoms with Crippen LogP contribution in [0.2, 0.25) is 0 Å². The lowest BCUT2D eigenvalue weighted by molar-refractivity contribution is -0.117. The molecule has 0 atom stereocenters. The maximum absolute atomic E-state index is 13.1. The predicted molar refractivity (Wildman–Crippen MR) is 83.5 cm³/mol. The molecule has 5 heteroatoms. The fourth-order valence-electron chi connectivity index (χ4n) is 2.63. The third-order valence-corrected chi connectivity index (χ3v) is 4.56. The molecular weight excluding hydrogens is 269 g/mol. The van der Waals surface area contributed by atoms with Crippen LogP contribution in [-0.2, 0) is 4.79 Å². The molecule has 1 aromatic carbocycles. The van der Waals surface area contributed by atoms with Gasteiger partial charge in [0.25, 0.3) is 0 Å². The third kappa shape index (κ3) is 4.17. The summed E-state index contributed by atoms with van der Waals surface area (Å²) >= 11 is 0. The second-order valence-electron chi connectivity index (χ2n) is 6.22. The minimum atomic E-state index is -0.470. The Hall–Kier alpha value is -1.62. The molecule has 0 spiro atoms. The van der Waals surface area contributed by atoms with E-state index in [9.17, 15) is 9.18 Å². The van der Waals surface area contributed by atoms with E-state index in [2.05, 4.69) is 24.1 Å². The van der Waals surface area contributed by atoms with Crippen LogP contribution in [0.4, 0.5) is 15.8 Å². The fourth-order valence-corrected chi connectivity index (χ4v) is 2.63. The number of anilines is 2. The number of likely N-dealkylation sites (tertiary alicyclic amines) is 1. The molecule has 21 heavy (non-hydrogen) atoms. The highest BCUT2D eigenvalue weighted by atomic mass is 19.1. The van der Waals surface area contributed by atoms with E-state index in [-0.39, 0.29) is 11.6 Å². The zero-order chi connectivity index (χ0) is 15.5. The Morgan fingerprint density at radius 3 is 2.67 bits per heavy atom. The molecule has 0 aromatic heterocycles. The number of nitrogens with one attached hydrogen (secondary N) is 1. The first-order chi connectivity index (χ1) is 9.92. The summed E-state index contributed by atoms with van der Waals surface area (Å²) in [6.07, 6.45) is 3.43. The van der Waals surface area contributed by atoms with Gasteiger partial charge in [0.05, 0.1) is 12.2 Å². The van der Waals surface area contributed by atoms with Crippen molar-refractivity contribution in [2.45, 2.75) is 33.1 Å². The molecule has 1 saturated heterocycles. The van der Waals surface area contributed by atoms with Gasteiger partial charge in [-0.15, -0.1) is 0 Å². The highest BCUT2D eigenvalue weighted by Crippen LogP contribution is 2.33. The lowest BCUT2D eigenvalue weighted by Crippen LogP contribution is -2.42. The van der Waals surface area contributed by atoms with Gasteiger partial charge < -0.3 is 11.1 Å². The van der Waals surface area contributed by atoms with E-state index in [1.165, 1.54) is 24.6 Å². The van der Waals surface area contributed by atoms with Crippen molar-refractivity contribution in [3.05, 3.63) is 24.0 Å². The van der Waals surface area contributed by atoms with Gasteiger partial charge in [0.15, 0.2) is 0 Å². The highest BCUT2D eigenvalue weighted by molar-refractivity contribution is 5.92. The maximum atomic E-state index is 13.1. The van der Waals surface area contributed by atoms with Crippen LogP contribution in [0.25, 0.3) is 0 Å². The summed E-state index contributed by atoms with van der Waals surface area (Å²) in [4.78, 5) is 14.2. The molecule has 1 aliphatic heterocycles. The third-order valence-electron chi connectivity index (χ3n) is 4.56. The van der Waals surface area contributed by atoms with Gasteiger partial charge >= 0.3 is 0 Å². The average Bonchev–Trinajstić information content (AvgIpc) is 2.46. The molecule has 116 valence electrons. The van der Waals surface area contributed by atoms with Crippen LogP contribution < -0.4 is 11.1 Å². The number of carbonyl (C=O) groups is 1. The van der Waals surface area contributed by atoms with Crippen molar-refractivity contribution in [2.24, 2.45) is 5.41 Å². The molecule has 0 aliphatic carbocycles. The van der Waals surface area contributed by atoms with Crippen molar-refractivity contribution in [2.75, 3.05) is 30.7 Å². The summed E-state index contributed by atoms with van der Waals surface area (Å²) in [6, 6.07) is 4.23. The second-order valence-corrected chi connectivity index (χ2v) is 6.22. The summed E-state index contributed by atoms with van der Waals surface area (Å²) in [7, 11) is 0. The zero-order valence-corrected chi connectivity index (χ0v) is 12.8. The number of nitrogen functional groups attached to an aromatic ring is 1. The summed E-state index contributed by atoms with van der Waals surface area (Å²) in [5, 5.41) is 2.76. The number of halogens is 1. The number of hydrogen-bond acceptors (Lipinski definition) is 3. The lowest BCUT2D eigenvalue weighted by Gasteiger charge is -2.38. The molecule has 0 saturated carbocycles. The smallest absolute Gasteiger partial charge is 0.238 e. The standard InChI is InChI=1S/C16H24FN3O/c1-3-16(2)6-8-20(9-7-16)11-15(21)19-12-4-5-13(17)14(18)10-12/h4-5,10H,3,6-9,11,18H2,1-2H3,(H,19,21). The molecule has 1 aromatic rings. The Labute approximate surface area is 125 Å². The minimum absolute atomic E-state index is 0.0458. The average molecular weight is 293 g/mol. The summed E-state index contributed by atoms with van der Waals surface area (Å²) in [6.45, 7) is 6.80. The topological polar surface area (TPSA) is 58.4 Å². The van der Waals surface area contributed by atoms with E-state index in [4.69, 9.17) is 5.73 Å². The Morgan fingerprint density at radius 2 is 2.10 bits per heavy atom. The number of benzene rings is 1. The van der Waals surface area contributed by atoms with Crippen LogP contribution in [0.15, 0.2) is 18.2 Å². The van der Waals surface area contributed by atoms with E-state index >= 15 is 0 Å². The van der Waals surface area contributed by atoms with Gasteiger partial charge in [-0.2, -0.15) is 0 Å². The maximum Gasteiger partial charge on any atom is 0.238 e. The Kier molecular flexibility index (Phi) is 4.83. The SMILES string of the molecule is CCC1(C)CCN(CC(=O)Nc2ccc(F)c(N)c2)CC1. The number of nitrogens with two attached hydrogens (primary N) is 1. The Morgan fingerprint density at radius 1 is 1.43 bits per heavy atom. The summed E-state index contributed by atoms with van der Waals surface area (Å²) in [5.74, 6) is -0.552. The fraction of sp³-hybridized carbons (Fsp3) is 0.562. The quantitative estimate of drug-likeness (QED) is 0.839. The number of carbonyl (C=O) groups excluding carboxylic acids is 1. The summed E-state index contributed by atoms with van der Waals surface area (Å²) < 4.78 is 13.1. The number of rotatable bonds is 4. The number of amides is 1. The van der Waals surface area contributed by atoms with Crippen LogP contribution in [-0.4, -0.2) is 30.4 Å². The largest absolute Gasteiger partial charge is 0.396 e. The predicted octanol–water partition coefficient (Wildman–Crippen LogP) is 2.86. The van der Waals surface area contributed by atoms with Gasteiger partial charge in [0.2, 0.25) is 5.91 Å². The molecule has 3 N–H and O–H groups in total. The van der Waals surface area contributed by atoms with E-state index < -0.39 is 5.82 Å². The molecule has 0 bridgehead atoms. The van der Waals surface area contributed by atoms with Crippen molar-refractivity contribution in [3.8, 4) is 0 Å². The molecule has 0 radical (unpaired) electrons. The van der Waals surface area contributed by atoms with Crippen molar-refractivity contribution in [1.29, 1.82) is 0 Å². The van der Waals surface area contributed by atoms with Gasteiger partial charge in [0.1, 0.15) is 5.82 Å². The lowest BCUT2D eigenvalue weighted by atomic mass is 9.78. The van der Waals surface area contributed by atoms with Gasteiger partial charge in [-0.25, -0.2) is 4.39 Å². The van der Waals surface area contributed by atoms with E-state index in [0.29, 0.717) is 17.6 Å². The van der Waals surface area contributed by atoms with Crippen molar-refractivity contribution in [3.63, 3.8) is 0 Å². The Bertz CT molecular complexity index is 510. The number of nitrogens with zero attached hydrogens (tertiary/aromatic N) is 1. The van der Waals surface area contributed by atoms with Crippen LogP contribution >= 0.6 is 0 Å². The molecule has 1 fully saturated rings. The van der Waals surface area contributed by atoms with E-state index in [0.717, 1.165) is 25.9 Å². The monoisotopic (exact) mass is 293 g/mol. The van der Waals surface area contributed by atoms with Gasteiger partial charge in [0, 0.05) is 5.69 Å². The Balaban J connectivity index is 1.84. The first-order valence-corrected chi connectivity index (χ1v) is 7.49. The summed E-state index contributed by atoms with van der Waals surface area (Å²) in [5.41, 5.74) is 6.49. The van der Waals surface area contributed by atoms with Crippen molar-refractivity contribution >= 4 is 17.3 Å². The van der Waals surface area contributed by atoms with Crippen LogP contribution in [0, 0.1) is 11.2 Å². The van der Waals surface area contributed by atoms with E-state index in [1.54, 1.807) is 0 Å². The number of hydrogen-bond donors (Lipinski definition) is 2. The molecule has 1 heterocycles. The van der Waals surface area contributed by atoms with Crippen LogP contribution in [0.3, 0.4) is 0 Å². The van der Waals surface area contributed by atoms with Gasteiger partial charge in [-0.05, 0) is 49.5 Å². The van der Waals surface area contributed by atoms with Crippen molar-refractivity contribution in [1.82, 2.24) is 4.90 Å². The molecule has 1 aliphatic rings. The van der Waals surface area contributed by atoms with E-state index in [1.807, 2.05) is 0 Å². The zero-order valence-electron chi connectivity index (χ0n) is 12.8. The molecule has 1 amide bonds. The van der Waals surface area contributed by atoms with Crippen molar-refractivity contribution < 1.29 is 9.18 Å². The molecule has 4 nitrogen and oxygen atoms in total. The highest BCUT2D eigenvalue weighted by Gasteiger charge is 2.28. The second kappa shape index (κ2) is 6.43. The minimum Gasteiger partial charge on any atom is -0.396 e. The number of piperidine rings is 1. The molecule has 0 unspecified atom stereocenters. The molecule has 2 rings (SSSR count).